The molecule has 0 radical (unpaired) electrons. The molecule has 2 amide bonds. The van der Waals surface area contributed by atoms with Gasteiger partial charge in [0.25, 0.3) is 0 Å². The Morgan fingerprint density at radius 1 is 1.00 bits per heavy atom. The lowest BCUT2D eigenvalue weighted by Crippen LogP contribution is -2.22. The smallest absolute Gasteiger partial charge is 0.328 e. The molecule has 0 saturated heterocycles. The van der Waals surface area contributed by atoms with Crippen molar-refractivity contribution in [2.75, 3.05) is 10.6 Å². The molecule has 9 heteroatoms. The molecular formula is C19H16Cl2N2O4S. The Morgan fingerprint density at radius 2 is 1.71 bits per heavy atom. The second kappa shape index (κ2) is 10.2. The van der Waals surface area contributed by atoms with Crippen LogP contribution in [0.5, 0.6) is 0 Å². The lowest BCUT2D eigenvalue weighted by molar-refractivity contribution is -0.131. The molecule has 146 valence electrons. The Kier molecular flexibility index (Phi) is 7.92. The quantitative estimate of drug-likeness (QED) is 0.430. The van der Waals surface area contributed by atoms with Gasteiger partial charge in [0.1, 0.15) is 0 Å². The predicted octanol–water partition coefficient (Wildman–Crippen LogP) is 4.69. The fraction of sp³-hybridized carbons (Fsp3) is 0.105. The highest BCUT2D eigenvalue weighted by molar-refractivity contribution is 8.00. The van der Waals surface area contributed by atoms with Crippen LogP contribution in [0.3, 0.4) is 0 Å². The van der Waals surface area contributed by atoms with E-state index in [0.29, 0.717) is 21.4 Å². The van der Waals surface area contributed by atoms with Crippen LogP contribution >= 0.6 is 35.0 Å². The Morgan fingerprint density at radius 3 is 2.39 bits per heavy atom. The van der Waals surface area contributed by atoms with Gasteiger partial charge in [-0.05, 0) is 43.3 Å². The summed E-state index contributed by atoms with van der Waals surface area (Å²) in [6, 6.07) is 11.7. The molecule has 3 N–H and O–H groups in total. The van der Waals surface area contributed by atoms with Crippen molar-refractivity contribution in [3.63, 3.8) is 0 Å². The van der Waals surface area contributed by atoms with Crippen molar-refractivity contribution in [1.82, 2.24) is 0 Å². The molecule has 0 saturated carbocycles. The number of hydrogen-bond acceptors (Lipinski definition) is 4. The zero-order chi connectivity index (χ0) is 20.7. The van der Waals surface area contributed by atoms with Gasteiger partial charge in [0.05, 0.1) is 15.3 Å². The average Bonchev–Trinajstić information content (AvgIpc) is 2.63. The summed E-state index contributed by atoms with van der Waals surface area (Å²) < 4.78 is 0. The molecule has 0 bridgehead atoms. The van der Waals surface area contributed by atoms with Crippen LogP contribution in [0.4, 0.5) is 11.4 Å². The molecule has 0 aromatic heterocycles. The molecule has 2 rings (SSSR count). The lowest BCUT2D eigenvalue weighted by Gasteiger charge is -2.13. The van der Waals surface area contributed by atoms with Crippen LogP contribution in [0.1, 0.15) is 6.92 Å². The number of thioether (sulfide) groups is 1. The molecule has 0 aliphatic carbocycles. The van der Waals surface area contributed by atoms with Crippen LogP contribution in [-0.2, 0) is 14.4 Å². The number of nitrogens with one attached hydrogen (secondary N) is 2. The van der Waals surface area contributed by atoms with Crippen molar-refractivity contribution in [3.8, 4) is 0 Å². The van der Waals surface area contributed by atoms with E-state index in [2.05, 4.69) is 10.6 Å². The van der Waals surface area contributed by atoms with E-state index in [1.54, 1.807) is 49.4 Å². The van der Waals surface area contributed by atoms with Crippen molar-refractivity contribution < 1.29 is 19.5 Å². The van der Waals surface area contributed by atoms with E-state index < -0.39 is 17.1 Å². The summed E-state index contributed by atoms with van der Waals surface area (Å²) in [4.78, 5) is 35.2. The second-order valence-corrected chi connectivity index (χ2v) is 7.80. The fourth-order valence-corrected chi connectivity index (χ4v) is 3.28. The molecular weight excluding hydrogens is 423 g/mol. The minimum atomic E-state index is -1.21. The first-order chi connectivity index (χ1) is 13.2. The predicted molar refractivity (Wildman–Crippen MR) is 112 cm³/mol. The van der Waals surface area contributed by atoms with Gasteiger partial charge >= 0.3 is 5.97 Å². The van der Waals surface area contributed by atoms with Gasteiger partial charge in [-0.3, -0.25) is 9.59 Å². The number of carbonyl (C=O) groups excluding carboxylic acids is 2. The van der Waals surface area contributed by atoms with E-state index >= 15 is 0 Å². The highest BCUT2D eigenvalue weighted by Gasteiger charge is 2.15. The molecule has 0 fully saturated rings. The average molecular weight is 439 g/mol. The minimum Gasteiger partial charge on any atom is -0.478 e. The van der Waals surface area contributed by atoms with Crippen LogP contribution < -0.4 is 10.6 Å². The summed E-state index contributed by atoms with van der Waals surface area (Å²) >= 11 is 13.1. The zero-order valence-electron chi connectivity index (χ0n) is 14.6. The molecule has 0 heterocycles. The van der Waals surface area contributed by atoms with Crippen LogP contribution in [0.2, 0.25) is 10.0 Å². The molecule has 2 aromatic rings. The van der Waals surface area contributed by atoms with Gasteiger partial charge in [0.15, 0.2) is 0 Å². The number of hydrogen-bond donors (Lipinski definition) is 3. The van der Waals surface area contributed by atoms with Gasteiger partial charge in [-0.2, -0.15) is 0 Å². The first-order valence-electron chi connectivity index (χ1n) is 7.99. The molecule has 1 atom stereocenters. The largest absolute Gasteiger partial charge is 0.478 e. The van der Waals surface area contributed by atoms with Crippen molar-refractivity contribution in [2.45, 2.75) is 17.1 Å². The first-order valence-corrected chi connectivity index (χ1v) is 9.63. The second-order valence-electron chi connectivity index (χ2n) is 5.57. The van der Waals surface area contributed by atoms with Crippen molar-refractivity contribution >= 4 is 64.1 Å². The number of carboxylic acids is 1. The molecule has 0 spiro atoms. The van der Waals surface area contributed by atoms with Crippen molar-refractivity contribution in [2.24, 2.45) is 0 Å². The maximum absolute atomic E-state index is 12.4. The fourth-order valence-electron chi connectivity index (χ4n) is 2.05. The normalized spacial score (nSPS) is 11.8. The molecule has 2 aromatic carbocycles. The number of benzene rings is 2. The number of carboxylic acid groups (broad SMARTS) is 1. The van der Waals surface area contributed by atoms with Gasteiger partial charge in [0, 0.05) is 28.4 Å². The monoisotopic (exact) mass is 438 g/mol. The summed E-state index contributed by atoms with van der Waals surface area (Å²) in [7, 11) is 0. The van der Waals surface area contributed by atoms with Crippen LogP contribution in [0.25, 0.3) is 0 Å². The standard InChI is InChI=1S/C19H16Cl2N2O4S/c1-11(19(27)23-13-5-6-15(20)16(21)10-13)28-14-4-2-3-12(9-14)22-17(24)7-8-18(25)26/h2-11H,1H3,(H,22,24)(H,23,27)(H,25,26)/b8-7+. The Bertz CT molecular complexity index is 934. The Labute approximate surface area is 175 Å². The summed E-state index contributed by atoms with van der Waals surface area (Å²) in [5.74, 6) is -1.99. The Hall–Kier alpha value is -2.48. The number of carbonyl (C=O) groups is 3. The third kappa shape index (κ3) is 6.92. The van der Waals surface area contributed by atoms with Crippen molar-refractivity contribution in [3.05, 3.63) is 64.7 Å². The van der Waals surface area contributed by atoms with Gasteiger partial charge in [-0.1, -0.05) is 29.3 Å². The number of rotatable bonds is 7. The van der Waals surface area contributed by atoms with Crippen molar-refractivity contribution in [1.29, 1.82) is 0 Å². The van der Waals surface area contributed by atoms with Gasteiger partial charge < -0.3 is 15.7 Å². The van der Waals surface area contributed by atoms with E-state index in [9.17, 15) is 14.4 Å². The molecule has 28 heavy (non-hydrogen) atoms. The Balaban J connectivity index is 1.98. The summed E-state index contributed by atoms with van der Waals surface area (Å²) in [6.07, 6.45) is 1.68. The van der Waals surface area contributed by atoms with E-state index in [1.807, 2.05) is 0 Å². The number of aliphatic carboxylic acids is 1. The van der Waals surface area contributed by atoms with Crippen LogP contribution in [0.15, 0.2) is 59.5 Å². The highest BCUT2D eigenvalue weighted by atomic mass is 35.5. The maximum Gasteiger partial charge on any atom is 0.328 e. The SMILES string of the molecule is CC(Sc1cccc(NC(=O)/C=C/C(=O)O)c1)C(=O)Nc1ccc(Cl)c(Cl)c1. The van der Waals surface area contributed by atoms with Gasteiger partial charge in [0.2, 0.25) is 11.8 Å². The number of halogens is 2. The summed E-state index contributed by atoms with van der Waals surface area (Å²) in [5, 5.41) is 14.2. The van der Waals surface area contributed by atoms with Crippen LogP contribution in [-0.4, -0.2) is 28.1 Å². The van der Waals surface area contributed by atoms with E-state index in [4.69, 9.17) is 28.3 Å². The molecule has 1 unspecified atom stereocenters. The number of anilines is 2. The molecule has 6 nitrogen and oxygen atoms in total. The van der Waals surface area contributed by atoms with Gasteiger partial charge in [-0.15, -0.1) is 11.8 Å². The lowest BCUT2D eigenvalue weighted by atomic mass is 10.3. The topological polar surface area (TPSA) is 95.5 Å². The summed E-state index contributed by atoms with van der Waals surface area (Å²) in [6.45, 7) is 1.75. The zero-order valence-corrected chi connectivity index (χ0v) is 16.9. The highest BCUT2D eigenvalue weighted by Crippen LogP contribution is 2.28. The van der Waals surface area contributed by atoms with E-state index in [-0.39, 0.29) is 5.91 Å². The summed E-state index contributed by atoms with van der Waals surface area (Å²) in [5.41, 5.74) is 1.03. The van der Waals surface area contributed by atoms with E-state index in [1.165, 1.54) is 11.8 Å². The first kappa shape index (κ1) is 21.8. The third-order valence-corrected chi connectivity index (χ3v) is 5.18. The number of amides is 2. The molecule has 0 aliphatic heterocycles. The van der Waals surface area contributed by atoms with Crippen LogP contribution in [0, 0.1) is 0 Å². The minimum absolute atomic E-state index is 0.220. The van der Waals surface area contributed by atoms with E-state index in [0.717, 1.165) is 17.0 Å². The maximum atomic E-state index is 12.4. The third-order valence-electron chi connectivity index (χ3n) is 3.35. The molecule has 0 aliphatic rings. The van der Waals surface area contributed by atoms with Gasteiger partial charge in [-0.25, -0.2) is 4.79 Å².